The largest absolute Gasteiger partial charge is 0.462 e. The molecule has 0 saturated carbocycles. The number of rotatable bonds is 7. The number of nitrogens with zero attached hydrogens (tertiary/aromatic N) is 2. The summed E-state index contributed by atoms with van der Waals surface area (Å²) in [7, 11) is 0. The monoisotopic (exact) mass is 288 g/mol. The number of nitrogens with two attached hydrogens (primary N) is 1. The maximum absolute atomic E-state index is 11.6. The lowest BCUT2D eigenvalue weighted by Gasteiger charge is -2.11. The van der Waals surface area contributed by atoms with E-state index in [1.807, 2.05) is 10.8 Å². The zero-order valence-electron chi connectivity index (χ0n) is 12.1. The zero-order valence-corrected chi connectivity index (χ0v) is 12.1. The van der Waals surface area contributed by atoms with E-state index in [0.717, 1.165) is 25.2 Å². The predicted molar refractivity (Wildman–Crippen MR) is 82.1 cm³/mol. The SMILES string of the molecule is CCOC(=O)c1ccc(NCCCn2ccnc2)c(N)c1. The summed E-state index contributed by atoms with van der Waals surface area (Å²) in [5.74, 6) is -0.351. The smallest absolute Gasteiger partial charge is 0.338 e. The lowest BCUT2D eigenvalue weighted by atomic mass is 10.1. The van der Waals surface area contributed by atoms with Crippen LogP contribution in [0.1, 0.15) is 23.7 Å². The van der Waals surface area contributed by atoms with E-state index in [4.69, 9.17) is 10.5 Å². The molecule has 1 aromatic heterocycles. The van der Waals surface area contributed by atoms with E-state index in [9.17, 15) is 4.79 Å². The molecule has 3 N–H and O–H groups in total. The molecule has 2 rings (SSSR count). The van der Waals surface area contributed by atoms with Gasteiger partial charge in [-0.25, -0.2) is 9.78 Å². The molecular formula is C15H20N4O2. The molecule has 0 fully saturated rings. The number of aromatic nitrogens is 2. The van der Waals surface area contributed by atoms with Crippen molar-refractivity contribution in [1.29, 1.82) is 0 Å². The molecular weight excluding hydrogens is 268 g/mol. The highest BCUT2D eigenvalue weighted by Crippen LogP contribution is 2.20. The van der Waals surface area contributed by atoms with Crippen molar-refractivity contribution in [2.75, 3.05) is 24.2 Å². The first-order valence-corrected chi connectivity index (χ1v) is 6.97. The third-order valence-electron chi connectivity index (χ3n) is 3.03. The second-order valence-corrected chi connectivity index (χ2v) is 4.60. The van der Waals surface area contributed by atoms with Crippen LogP contribution in [0.15, 0.2) is 36.9 Å². The van der Waals surface area contributed by atoms with Gasteiger partial charge in [0.25, 0.3) is 0 Å². The van der Waals surface area contributed by atoms with Crippen molar-refractivity contribution in [3.63, 3.8) is 0 Å². The standard InChI is InChI=1S/C15H20N4O2/c1-2-21-15(20)12-4-5-14(13(16)10-12)18-6-3-8-19-9-7-17-11-19/h4-5,7,9-11,18H,2-3,6,8,16H2,1H3. The van der Waals surface area contributed by atoms with Crippen LogP contribution in [-0.2, 0) is 11.3 Å². The normalized spacial score (nSPS) is 10.3. The van der Waals surface area contributed by atoms with Gasteiger partial charge in [-0.15, -0.1) is 0 Å². The minimum absolute atomic E-state index is 0.351. The van der Waals surface area contributed by atoms with Gasteiger partial charge in [-0.2, -0.15) is 0 Å². The number of carbonyl (C=O) groups is 1. The molecule has 0 radical (unpaired) electrons. The summed E-state index contributed by atoms with van der Waals surface area (Å²) in [6.07, 6.45) is 6.44. The van der Waals surface area contributed by atoms with E-state index < -0.39 is 0 Å². The molecule has 6 heteroatoms. The maximum Gasteiger partial charge on any atom is 0.338 e. The summed E-state index contributed by atoms with van der Waals surface area (Å²) in [5.41, 5.74) is 7.79. The van der Waals surface area contributed by atoms with Crippen LogP contribution >= 0.6 is 0 Å². The average Bonchev–Trinajstić information content (AvgIpc) is 2.98. The molecule has 0 aliphatic carbocycles. The summed E-state index contributed by atoms with van der Waals surface area (Å²) < 4.78 is 6.96. The fraction of sp³-hybridized carbons (Fsp3) is 0.333. The first kappa shape index (κ1) is 14.9. The van der Waals surface area contributed by atoms with Crippen molar-refractivity contribution < 1.29 is 9.53 Å². The Balaban J connectivity index is 1.84. The number of esters is 1. The molecule has 21 heavy (non-hydrogen) atoms. The van der Waals surface area contributed by atoms with E-state index in [1.165, 1.54) is 0 Å². The maximum atomic E-state index is 11.6. The minimum Gasteiger partial charge on any atom is -0.462 e. The van der Waals surface area contributed by atoms with Crippen LogP contribution < -0.4 is 11.1 Å². The topological polar surface area (TPSA) is 82.2 Å². The molecule has 0 unspecified atom stereocenters. The Morgan fingerprint density at radius 3 is 3.00 bits per heavy atom. The van der Waals surface area contributed by atoms with Gasteiger partial charge in [-0.05, 0) is 31.5 Å². The van der Waals surface area contributed by atoms with E-state index in [1.54, 1.807) is 37.6 Å². The van der Waals surface area contributed by atoms with Crippen LogP contribution in [0.4, 0.5) is 11.4 Å². The molecule has 0 aliphatic rings. The van der Waals surface area contributed by atoms with E-state index in [0.29, 0.717) is 17.9 Å². The molecule has 0 aliphatic heterocycles. The third kappa shape index (κ3) is 4.24. The van der Waals surface area contributed by atoms with Gasteiger partial charge in [-0.1, -0.05) is 0 Å². The molecule has 0 saturated heterocycles. The predicted octanol–water partition coefficient (Wildman–Crippen LogP) is 2.14. The molecule has 1 aromatic carbocycles. The molecule has 0 amide bonds. The first-order valence-electron chi connectivity index (χ1n) is 6.97. The second kappa shape index (κ2) is 7.33. The van der Waals surface area contributed by atoms with Crippen molar-refractivity contribution in [2.24, 2.45) is 0 Å². The van der Waals surface area contributed by atoms with Gasteiger partial charge in [0.2, 0.25) is 0 Å². The van der Waals surface area contributed by atoms with E-state index in [-0.39, 0.29) is 5.97 Å². The Hall–Kier alpha value is -2.50. The summed E-state index contributed by atoms with van der Waals surface area (Å²) in [5, 5.41) is 3.26. The van der Waals surface area contributed by atoms with Crippen LogP contribution in [-0.4, -0.2) is 28.7 Å². The van der Waals surface area contributed by atoms with Crippen LogP contribution in [0, 0.1) is 0 Å². The van der Waals surface area contributed by atoms with Gasteiger partial charge in [-0.3, -0.25) is 0 Å². The second-order valence-electron chi connectivity index (χ2n) is 4.60. The van der Waals surface area contributed by atoms with Crippen LogP contribution in [0.3, 0.4) is 0 Å². The van der Waals surface area contributed by atoms with E-state index in [2.05, 4.69) is 10.3 Å². The average molecular weight is 288 g/mol. The molecule has 0 atom stereocenters. The fourth-order valence-corrected chi connectivity index (χ4v) is 1.97. The zero-order chi connectivity index (χ0) is 15.1. The number of nitrogens with one attached hydrogen (secondary N) is 1. The van der Waals surface area contributed by atoms with Gasteiger partial charge >= 0.3 is 5.97 Å². The van der Waals surface area contributed by atoms with Crippen LogP contribution in [0.5, 0.6) is 0 Å². The Morgan fingerprint density at radius 1 is 1.48 bits per heavy atom. The number of nitrogen functional groups attached to an aromatic ring is 1. The van der Waals surface area contributed by atoms with E-state index >= 15 is 0 Å². The number of benzene rings is 1. The Kier molecular flexibility index (Phi) is 5.20. The molecule has 0 bridgehead atoms. The lowest BCUT2D eigenvalue weighted by Crippen LogP contribution is -2.09. The number of aryl methyl sites for hydroxylation is 1. The first-order chi connectivity index (χ1) is 10.2. The fourth-order valence-electron chi connectivity index (χ4n) is 1.97. The Bertz CT molecular complexity index is 581. The number of ether oxygens (including phenoxy) is 1. The highest BCUT2D eigenvalue weighted by atomic mass is 16.5. The van der Waals surface area contributed by atoms with Gasteiger partial charge < -0.3 is 20.4 Å². The quantitative estimate of drug-likeness (QED) is 0.463. The Morgan fingerprint density at radius 2 is 2.33 bits per heavy atom. The minimum atomic E-state index is -0.351. The van der Waals surface area contributed by atoms with Crippen LogP contribution in [0.25, 0.3) is 0 Å². The molecule has 2 aromatic rings. The van der Waals surface area contributed by atoms with Crippen molar-refractivity contribution in [3.05, 3.63) is 42.5 Å². The summed E-state index contributed by atoms with van der Waals surface area (Å²) >= 11 is 0. The third-order valence-corrected chi connectivity index (χ3v) is 3.03. The van der Waals surface area contributed by atoms with Crippen molar-refractivity contribution in [1.82, 2.24) is 9.55 Å². The number of anilines is 2. The van der Waals surface area contributed by atoms with Gasteiger partial charge in [0, 0.05) is 25.5 Å². The molecule has 112 valence electrons. The van der Waals surface area contributed by atoms with Crippen molar-refractivity contribution >= 4 is 17.3 Å². The molecule has 6 nitrogen and oxygen atoms in total. The lowest BCUT2D eigenvalue weighted by molar-refractivity contribution is 0.0526. The number of hydrogen-bond acceptors (Lipinski definition) is 5. The van der Waals surface area contributed by atoms with Gasteiger partial charge in [0.05, 0.1) is 29.9 Å². The van der Waals surface area contributed by atoms with Crippen molar-refractivity contribution in [3.8, 4) is 0 Å². The summed E-state index contributed by atoms with van der Waals surface area (Å²) in [6.45, 7) is 3.82. The summed E-state index contributed by atoms with van der Waals surface area (Å²) in [6, 6.07) is 5.15. The van der Waals surface area contributed by atoms with Gasteiger partial charge in [0.15, 0.2) is 0 Å². The van der Waals surface area contributed by atoms with Gasteiger partial charge in [0.1, 0.15) is 0 Å². The highest BCUT2D eigenvalue weighted by molar-refractivity contribution is 5.91. The number of hydrogen-bond donors (Lipinski definition) is 2. The van der Waals surface area contributed by atoms with Crippen LogP contribution in [0.2, 0.25) is 0 Å². The number of carbonyl (C=O) groups excluding carboxylic acids is 1. The number of imidazole rings is 1. The molecule has 1 heterocycles. The molecule has 0 spiro atoms. The Labute approximate surface area is 123 Å². The van der Waals surface area contributed by atoms with Crippen molar-refractivity contribution in [2.45, 2.75) is 19.9 Å². The highest BCUT2D eigenvalue weighted by Gasteiger charge is 2.08. The summed E-state index contributed by atoms with van der Waals surface area (Å²) in [4.78, 5) is 15.6.